The van der Waals surface area contributed by atoms with Gasteiger partial charge in [-0.1, -0.05) is 26.8 Å². The second-order valence-electron chi connectivity index (χ2n) is 9.40. The van der Waals surface area contributed by atoms with Crippen LogP contribution < -0.4 is 9.89 Å². The van der Waals surface area contributed by atoms with E-state index >= 15 is 0 Å². The Labute approximate surface area is 153 Å². The van der Waals surface area contributed by atoms with Crippen molar-refractivity contribution in [1.82, 2.24) is 0 Å². The molecule has 4 nitrogen and oxygen atoms in total. The van der Waals surface area contributed by atoms with Crippen molar-refractivity contribution in [3.8, 4) is 5.75 Å². The van der Waals surface area contributed by atoms with Crippen LogP contribution in [0.2, 0.25) is 18.1 Å². The average Bonchev–Trinajstić information content (AvgIpc) is 2.65. The maximum atomic E-state index is 11.4. The van der Waals surface area contributed by atoms with Gasteiger partial charge in [-0.3, -0.25) is 4.79 Å². The Kier molecular flexibility index (Phi) is 5.05. The molecule has 25 heavy (non-hydrogen) atoms. The van der Waals surface area contributed by atoms with Crippen molar-refractivity contribution in [1.29, 1.82) is 0 Å². The van der Waals surface area contributed by atoms with Gasteiger partial charge >= 0.3 is 7.12 Å². The Morgan fingerprint density at radius 2 is 1.56 bits per heavy atom. The summed E-state index contributed by atoms with van der Waals surface area (Å²) in [6.07, 6.45) is 0.841. The third-order valence-electron chi connectivity index (χ3n) is 5.79. The van der Waals surface area contributed by atoms with Crippen molar-refractivity contribution in [3.63, 3.8) is 0 Å². The normalized spacial score (nSPS) is 19.8. The quantitative estimate of drug-likeness (QED) is 0.595. The molecule has 0 unspecified atom stereocenters. The van der Waals surface area contributed by atoms with Crippen LogP contribution in [-0.2, 0) is 9.31 Å². The summed E-state index contributed by atoms with van der Waals surface area (Å²) < 4.78 is 18.6. The zero-order chi connectivity index (χ0) is 19.3. The van der Waals surface area contributed by atoms with Crippen LogP contribution >= 0.6 is 0 Å². The summed E-state index contributed by atoms with van der Waals surface area (Å²) in [5, 5.41) is 0.0781. The minimum atomic E-state index is -2.00. The number of rotatable bonds is 4. The van der Waals surface area contributed by atoms with E-state index in [1.807, 2.05) is 39.8 Å². The van der Waals surface area contributed by atoms with Crippen molar-refractivity contribution < 1.29 is 18.5 Å². The van der Waals surface area contributed by atoms with E-state index in [4.69, 9.17) is 13.7 Å². The van der Waals surface area contributed by atoms with E-state index in [1.165, 1.54) is 0 Å². The standard InChI is InChI=1S/C19H31BO4Si/c1-17(2,3)25(8,9)22-16-11-14(13-21)10-15(12-16)20-23-18(4,5)19(6,7)24-20/h10-13H,1-9H3. The van der Waals surface area contributed by atoms with E-state index in [0.717, 1.165) is 11.7 Å². The predicted molar refractivity (Wildman–Crippen MR) is 105 cm³/mol. The van der Waals surface area contributed by atoms with Crippen LogP contribution in [0.15, 0.2) is 18.2 Å². The van der Waals surface area contributed by atoms with Gasteiger partial charge in [-0.25, -0.2) is 0 Å². The first kappa shape index (κ1) is 20.2. The van der Waals surface area contributed by atoms with Crippen LogP contribution in [0.5, 0.6) is 5.75 Å². The summed E-state index contributed by atoms with van der Waals surface area (Å²) in [7, 11) is -2.51. The maximum absolute atomic E-state index is 11.4. The molecule has 0 bridgehead atoms. The minimum absolute atomic E-state index is 0.0781. The van der Waals surface area contributed by atoms with E-state index in [2.05, 4.69) is 33.9 Å². The van der Waals surface area contributed by atoms with Crippen molar-refractivity contribution in [2.75, 3.05) is 0 Å². The van der Waals surface area contributed by atoms with Gasteiger partial charge in [0.1, 0.15) is 12.0 Å². The molecule has 6 heteroatoms. The third-order valence-corrected chi connectivity index (χ3v) is 10.2. The molecule has 2 rings (SSSR count). The highest BCUT2D eigenvalue weighted by molar-refractivity contribution is 6.74. The molecular formula is C19H31BO4Si. The Hall–Kier alpha value is -1.11. The summed E-state index contributed by atoms with van der Waals surface area (Å²) in [6, 6.07) is 5.55. The first-order chi connectivity index (χ1) is 11.2. The van der Waals surface area contributed by atoms with Crippen molar-refractivity contribution in [2.24, 2.45) is 0 Å². The van der Waals surface area contributed by atoms with Gasteiger partial charge in [0.2, 0.25) is 8.32 Å². The van der Waals surface area contributed by atoms with E-state index in [0.29, 0.717) is 11.3 Å². The van der Waals surface area contributed by atoms with Gasteiger partial charge in [0.05, 0.1) is 11.2 Å². The fraction of sp³-hybridized carbons (Fsp3) is 0.632. The van der Waals surface area contributed by atoms with Gasteiger partial charge in [-0.15, -0.1) is 0 Å². The molecule has 0 atom stereocenters. The van der Waals surface area contributed by atoms with Gasteiger partial charge in [0.15, 0.2) is 0 Å². The molecule has 1 aromatic rings. The zero-order valence-electron chi connectivity index (χ0n) is 17.0. The maximum Gasteiger partial charge on any atom is 0.494 e. The van der Waals surface area contributed by atoms with Crippen molar-refractivity contribution >= 4 is 27.2 Å². The van der Waals surface area contributed by atoms with Crippen LogP contribution in [0.3, 0.4) is 0 Å². The fourth-order valence-electron chi connectivity index (χ4n) is 2.34. The van der Waals surface area contributed by atoms with Gasteiger partial charge in [0, 0.05) is 5.56 Å². The highest BCUT2D eigenvalue weighted by Gasteiger charge is 2.52. The molecule has 138 valence electrons. The van der Waals surface area contributed by atoms with Crippen molar-refractivity contribution in [3.05, 3.63) is 23.8 Å². The molecule has 0 N–H and O–H groups in total. The highest BCUT2D eigenvalue weighted by atomic mass is 28.4. The van der Waals surface area contributed by atoms with E-state index < -0.39 is 26.6 Å². The number of benzene rings is 1. The van der Waals surface area contributed by atoms with E-state index in [9.17, 15) is 4.79 Å². The summed E-state index contributed by atoms with van der Waals surface area (Å²) in [5.74, 6) is 0.709. The summed E-state index contributed by atoms with van der Waals surface area (Å²) >= 11 is 0. The fourth-order valence-corrected chi connectivity index (χ4v) is 3.35. The van der Waals surface area contributed by atoms with Gasteiger partial charge in [-0.05, 0) is 63.4 Å². The monoisotopic (exact) mass is 362 g/mol. The number of hydrogen-bond acceptors (Lipinski definition) is 4. The number of aldehydes is 1. The smallest absolute Gasteiger partial charge is 0.494 e. The molecule has 0 saturated carbocycles. The molecule has 1 aromatic carbocycles. The number of hydrogen-bond donors (Lipinski definition) is 0. The van der Waals surface area contributed by atoms with Crippen molar-refractivity contribution in [2.45, 2.75) is 77.8 Å². The lowest BCUT2D eigenvalue weighted by Crippen LogP contribution is -2.44. The van der Waals surface area contributed by atoms with Gasteiger partial charge < -0.3 is 13.7 Å². The van der Waals surface area contributed by atoms with Crippen LogP contribution in [0.4, 0.5) is 0 Å². The minimum Gasteiger partial charge on any atom is -0.543 e. The van der Waals surface area contributed by atoms with E-state index in [1.54, 1.807) is 6.07 Å². The Morgan fingerprint density at radius 3 is 2.00 bits per heavy atom. The largest absolute Gasteiger partial charge is 0.543 e. The Bertz CT molecular complexity index is 646. The summed E-state index contributed by atoms with van der Waals surface area (Å²) in [5.41, 5.74) is 0.544. The topological polar surface area (TPSA) is 44.8 Å². The molecule has 0 amide bonds. The lowest BCUT2D eigenvalue weighted by Gasteiger charge is -2.36. The lowest BCUT2D eigenvalue weighted by molar-refractivity contribution is 0.00578. The molecule has 0 aromatic heterocycles. The van der Waals surface area contributed by atoms with E-state index in [-0.39, 0.29) is 5.04 Å². The van der Waals surface area contributed by atoms with Gasteiger partial charge in [-0.2, -0.15) is 0 Å². The third kappa shape index (κ3) is 4.01. The first-order valence-electron chi connectivity index (χ1n) is 8.83. The molecule has 0 aliphatic carbocycles. The lowest BCUT2D eigenvalue weighted by atomic mass is 9.78. The van der Waals surface area contributed by atoms with Gasteiger partial charge in [0.25, 0.3) is 0 Å². The molecule has 1 fully saturated rings. The summed E-state index contributed by atoms with van der Waals surface area (Å²) in [4.78, 5) is 11.4. The molecule has 1 aliphatic rings. The molecule has 1 saturated heterocycles. The average molecular weight is 362 g/mol. The summed E-state index contributed by atoms with van der Waals surface area (Å²) in [6.45, 7) is 19.0. The second kappa shape index (κ2) is 6.25. The molecule has 1 heterocycles. The predicted octanol–water partition coefficient (Wildman–Crippen LogP) is 4.18. The number of carbonyl (C=O) groups is 1. The SMILES string of the molecule is CC1(C)OB(c2cc(C=O)cc(O[Si](C)(C)C(C)(C)C)c2)OC1(C)C. The number of carbonyl (C=O) groups excluding carboxylic acids is 1. The zero-order valence-corrected chi connectivity index (χ0v) is 18.0. The van der Waals surface area contributed by atoms with Crippen LogP contribution in [0.1, 0.15) is 58.8 Å². The van der Waals surface area contributed by atoms with Crippen LogP contribution in [0, 0.1) is 0 Å². The molecular weight excluding hydrogens is 331 g/mol. The highest BCUT2D eigenvalue weighted by Crippen LogP contribution is 2.38. The molecule has 0 radical (unpaired) electrons. The first-order valence-corrected chi connectivity index (χ1v) is 11.7. The molecule has 1 aliphatic heterocycles. The second-order valence-corrected chi connectivity index (χ2v) is 14.1. The van der Waals surface area contributed by atoms with Crippen LogP contribution in [-0.4, -0.2) is 32.9 Å². The van der Waals surface area contributed by atoms with Crippen LogP contribution in [0.25, 0.3) is 0 Å². The Morgan fingerprint density at radius 1 is 1.04 bits per heavy atom. The molecule has 0 spiro atoms. The Balaban J connectivity index is 2.38.